The molecule has 3 rings (SSSR count). The molecule has 0 aromatic heterocycles. The zero-order valence-electron chi connectivity index (χ0n) is 51.8. The number of carbonyl (C=O) groups is 11. The van der Waals surface area contributed by atoms with Crippen molar-refractivity contribution in [2.24, 2.45) is 35.5 Å². The molecule has 82 heavy (non-hydrogen) atoms. The smallest absolute Gasteiger partial charge is 0.329 e. The maximum absolute atomic E-state index is 14.9. The fraction of sp³-hybridized carbons (Fsp3) is 0.712. The quantitative estimate of drug-likeness (QED) is 0.207. The fourth-order valence-electron chi connectivity index (χ4n) is 10.8. The summed E-state index contributed by atoms with van der Waals surface area (Å²) in [5.74, 6) is -11.6. The van der Waals surface area contributed by atoms with Gasteiger partial charge in [-0.15, -0.1) is 0 Å². The van der Waals surface area contributed by atoms with E-state index < -0.39 is 162 Å². The third-order valence-electron chi connectivity index (χ3n) is 15.9. The van der Waals surface area contributed by atoms with Crippen LogP contribution in [0.5, 0.6) is 5.75 Å². The molecule has 2 aliphatic heterocycles. The van der Waals surface area contributed by atoms with Gasteiger partial charge in [-0.05, 0) is 78.9 Å². The third-order valence-corrected chi connectivity index (χ3v) is 15.9. The van der Waals surface area contributed by atoms with Crippen molar-refractivity contribution in [2.45, 2.75) is 182 Å². The summed E-state index contributed by atoms with van der Waals surface area (Å²) in [6.07, 6.45) is -0.758. The van der Waals surface area contributed by atoms with E-state index in [0.29, 0.717) is 30.6 Å². The number of likely N-dealkylation sites (N-methyl/N-ethyl adjacent to an activating group) is 5. The number of carbonyl (C=O) groups excluding carboxylic acids is 10. The van der Waals surface area contributed by atoms with E-state index in [1.165, 1.54) is 57.0 Å². The minimum atomic E-state index is -1.69. The number of piperidine rings is 1. The Morgan fingerprint density at radius 1 is 0.634 bits per heavy atom. The summed E-state index contributed by atoms with van der Waals surface area (Å²) in [6.45, 7) is 20.1. The number of rotatable bonds is 13. The van der Waals surface area contributed by atoms with Crippen LogP contribution in [0.15, 0.2) is 24.3 Å². The van der Waals surface area contributed by atoms with Crippen LogP contribution < -0.4 is 20.7 Å². The van der Waals surface area contributed by atoms with Gasteiger partial charge in [0.2, 0.25) is 47.3 Å². The average Bonchev–Trinajstić information content (AvgIpc) is 3.57. The Balaban J connectivity index is 2.31. The largest absolute Gasteiger partial charge is 0.497 e. The number of amides is 9. The Hall–Kier alpha value is -6.81. The van der Waals surface area contributed by atoms with E-state index in [-0.39, 0.29) is 31.7 Å². The molecule has 0 unspecified atom stereocenters. The van der Waals surface area contributed by atoms with Gasteiger partial charge in [0.05, 0.1) is 20.1 Å². The van der Waals surface area contributed by atoms with Crippen molar-refractivity contribution in [1.82, 2.24) is 45.3 Å². The molecule has 4 N–H and O–H groups in total. The van der Waals surface area contributed by atoms with Crippen LogP contribution in [-0.4, -0.2) is 209 Å². The van der Waals surface area contributed by atoms with Crippen molar-refractivity contribution in [3.8, 4) is 5.75 Å². The maximum atomic E-state index is 14.9. The molecule has 2 heterocycles. The number of carboxylic acids is 1. The number of benzene rings is 1. The van der Waals surface area contributed by atoms with Gasteiger partial charge in [-0.1, -0.05) is 102 Å². The van der Waals surface area contributed by atoms with Gasteiger partial charge in [-0.3, -0.25) is 47.9 Å². The van der Waals surface area contributed by atoms with E-state index >= 15 is 0 Å². The predicted octanol–water partition coefficient (Wildman–Crippen LogP) is 2.96. The summed E-state index contributed by atoms with van der Waals surface area (Å²) in [5, 5.41) is 18.4. The normalized spacial score (nSPS) is 26.1. The highest BCUT2D eigenvalue weighted by molar-refractivity contribution is 5.99. The SMILES string of the molecule is CC[C@H](C)[C@H]1C(=O)N(C)[C@@H](CC(C)C)C(=O)NCC(=O)N(C)[C@@H](C(C)C)C(=O)N[C@@H](Cc2ccc(OC)cc2)C(=O)O[C@H](C(C)C)C(=O)N2CCCC[C@H]2C(=O)N(C)[C@@H](C(C)C)C(=O)N[C@@H](C(C)C)C(=O)N(C)[C@@H](CC(=O)O)C(=O)N1C. The van der Waals surface area contributed by atoms with Crippen LogP contribution in [0.1, 0.15) is 127 Å². The molecule has 2 aliphatic rings. The first-order valence-electron chi connectivity index (χ1n) is 28.8. The zero-order chi connectivity index (χ0) is 62.4. The van der Waals surface area contributed by atoms with E-state index in [9.17, 15) is 57.8 Å². The van der Waals surface area contributed by atoms with E-state index in [0.717, 1.165) is 14.7 Å². The van der Waals surface area contributed by atoms with Gasteiger partial charge in [0.1, 0.15) is 54.1 Å². The lowest BCUT2D eigenvalue weighted by Gasteiger charge is -2.41. The topological polar surface area (TPSA) is 282 Å². The Morgan fingerprint density at radius 2 is 1.18 bits per heavy atom. The molecule has 0 aliphatic carbocycles. The molecule has 0 spiro atoms. The molecule has 1 aromatic rings. The monoisotopic (exact) mass is 1150 g/mol. The Kier molecular flexibility index (Phi) is 26.3. The molecule has 2 saturated heterocycles. The van der Waals surface area contributed by atoms with Crippen molar-refractivity contribution >= 4 is 65.1 Å². The standard InChI is InChI=1S/C59H95N9O14/c1-19-37(12)49-57(78)63(13)42(28-32(2)3)51(72)60-31-44(69)65(15)47(34(6)7)52(73)61-40(29-38-23-25-39(81-18)26-24-38)59(80)82-50(36(10)11)58(79)68-27-21-20-22-41(68)54(75)66(16)48(35(8)9)53(74)62-46(33(4)5)56(77)64(14)43(30-45(70)71)55(76)67(49)17/h23-26,32-37,40-43,46-50H,19-22,27-31H2,1-18H3,(H,60,72)(H,61,73)(H,62,74)(H,70,71)/t37-,40-,41-,42-,43-,46-,47-,48-,49-,50+/m0/s1. The van der Waals surface area contributed by atoms with E-state index in [1.807, 2.05) is 13.8 Å². The highest BCUT2D eigenvalue weighted by Crippen LogP contribution is 2.27. The Morgan fingerprint density at radius 3 is 1.70 bits per heavy atom. The lowest BCUT2D eigenvalue weighted by atomic mass is 9.93. The number of methoxy groups -OCH3 is 1. The van der Waals surface area contributed by atoms with Crippen LogP contribution in [-0.2, 0) is 63.9 Å². The maximum Gasteiger partial charge on any atom is 0.329 e. The first-order valence-corrected chi connectivity index (χ1v) is 28.8. The van der Waals surface area contributed by atoms with Gasteiger partial charge in [0.25, 0.3) is 5.91 Å². The molecule has 0 saturated carbocycles. The number of nitrogens with zero attached hydrogens (tertiary/aromatic N) is 6. The number of aliphatic carboxylic acids is 1. The average molecular weight is 1150 g/mol. The summed E-state index contributed by atoms with van der Waals surface area (Å²) >= 11 is 0. The minimum Gasteiger partial charge on any atom is -0.497 e. The number of ether oxygens (including phenoxy) is 2. The second kappa shape index (κ2) is 31.0. The minimum absolute atomic E-state index is 0.105. The van der Waals surface area contributed by atoms with Crippen LogP contribution in [0.3, 0.4) is 0 Å². The molecular formula is C59H95N9O14. The molecule has 0 bridgehead atoms. The van der Waals surface area contributed by atoms with Gasteiger partial charge in [-0.25, -0.2) is 4.79 Å². The number of esters is 1. The third kappa shape index (κ3) is 17.6. The van der Waals surface area contributed by atoms with E-state index in [2.05, 4.69) is 16.0 Å². The van der Waals surface area contributed by atoms with E-state index in [1.54, 1.807) is 93.5 Å². The van der Waals surface area contributed by atoms with Crippen LogP contribution in [0.2, 0.25) is 0 Å². The second-order valence-corrected chi connectivity index (χ2v) is 24.0. The van der Waals surface area contributed by atoms with Gasteiger partial charge in [0, 0.05) is 48.2 Å². The van der Waals surface area contributed by atoms with Gasteiger partial charge in [0.15, 0.2) is 6.10 Å². The lowest BCUT2D eigenvalue weighted by Crippen LogP contribution is -2.63. The molecule has 10 atom stereocenters. The first kappa shape index (κ1) is 69.5. The number of hydrogen-bond donors (Lipinski definition) is 4. The molecule has 23 nitrogen and oxygen atoms in total. The zero-order valence-corrected chi connectivity index (χ0v) is 51.8. The number of cyclic esters (lactones) is 1. The molecule has 23 heteroatoms. The summed E-state index contributed by atoms with van der Waals surface area (Å²) < 4.78 is 11.4. The Bertz CT molecular complexity index is 2430. The van der Waals surface area contributed by atoms with Gasteiger partial charge >= 0.3 is 11.9 Å². The highest BCUT2D eigenvalue weighted by Gasteiger charge is 2.46. The molecule has 9 amide bonds. The van der Waals surface area contributed by atoms with Crippen molar-refractivity contribution in [2.75, 3.05) is 55.4 Å². The molecule has 460 valence electrons. The fourth-order valence-corrected chi connectivity index (χ4v) is 10.8. The van der Waals surface area contributed by atoms with Gasteiger partial charge in [-0.2, -0.15) is 0 Å². The van der Waals surface area contributed by atoms with Crippen LogP contribution in [0.4, 0.5) is 0 Å². The van der Waals surface area contributed by atoms with Crippen molar-refractivity contribution in [3.05, 3.63) is 29.8 Å². The number of fused-ring (bicyclic) bond motifs is 1. The van der Waals surface area contributed by atoms with Crippen molar-refractivity contribution in [3.63, 3.8) is 0 Å². The summed E-state index contributed by atoms with van der Waals surface area (Å²) in [6, 6.07) is -3.76. The number of carboxylic acid groups (broad SMARTS) is 1. The summed E-state index contributed by atoms with van der Waals surface area (Å²) in [7, 11) is 8.26. The highest BCUT2D eigenvalue weighted by atomic mass is 16.6. The van der Waals surface area contributed by atoms with Crippen LogP contribution in [0, 0.1) is 35.5 Å². The van der Waals surface area contributed by atoms with E-state index in [4.69, 9.17) is 9.47 Å². The molecule has 2 fully saturated rings. The van der Waals surface area contributed by atoms with Crippen LogP contribution >= 0.6 is 0 Å². The summed E-state index contributed by atoms with van der Waals surface area (Å²) in [5.41, 5.74) is 0.584. The second-order valence-electron chi connectivity index (χ2n) is 24.0. The summed E-state index contributed by atoms with van der Waals surface area (Å²) in [4.78, 5) is 166. The van der Waals surface area contributed by atoms with Crippen LogP contribution in [0.25, 0.3) is 0 Å². The molecule has 1 aromatic carbocycles. The van der Waals surface area contributed by atoms with Crippen molar-refractivity contribution < 1.29 is 67.3 Å². The number of nitrogens with one attached hydrogen (secondary N) is 3. The Labute approximate surface area is 485 Å². The number of hydrogen-bond acceptors (Lipinski definition) is 13. The first-order chi connectivity index (χ1) is 38.2. The predicted molar refractivity (Wildman–Crippen MR) is 306 cm³/mol. The van der Waals surface area contributed by atoms with Crippen molar-refractivity contribution in [1.29, 1.82) is 0 Å². The molecular weight excluding hydrogens is 1060 g/mol. The molecule has 0 radical (unpaired) electrons. The van der Waals surface area contributed by atoms with Gasteiger partial charge < -0.3 is 59.9 Å². The lowest BCUT2D eigenvalue weighted by molar-refractivity contribution is -0.169.